The van der Waals surface area contributed by atoms with Gasteiger partial charge in [-0.3, -0.25) is 4.79 Å². The minimum atomic E-state index is 0.566. The quantitative estimate of drug-likeness (QED) is 0.782. The van der Waals surface area contributed by atoms with Gasteiger partial charge in [-0.1, -0.05) is 35.5 Å². The monoisotopic (exact) mass is 320 g/mol. The molecule has 1 aliphatic rings. The predicted molar refractivity (Wildman–Crippen MR) is 83.0 cm³/mol. The van der Waals surface area contributed by atoms with E-state index in [1.165, 1.54) is 11.8 Å². The van der Waals surface area contributed by atoms with Crippen LogP contribution in [0.5, 0.6) is 11.5 Å². The molecular formula is C16H13ClO3S. The second-order valence-electron chi connectivity index (χ2n) is 4.54. The number of ether oxygens (including phenoxy) is 2. The highest BCUT2D eigenvalue weighted by Gasteiger charge is 2.13. The Morgan fingerprint density at radius 1 is 1.10 bits per heavy atom. The van der Waals surface area contributed by atoms with E-state index in [9.17, 15) is 4.79 Å². The summed E-state index contributed by atoms with van der Waals surface area (Å²) in [5, 5.41) is 0.566. The van der Waals surface area contributed by atoms with Gasteiger partial charge in [0.25, 0.3) is 0 Å². The van der Waals surface area contributed by atoms with Gasteiger partial charge in [-0.2, -0.15) is 0 Å². The lowest BCUT2D eigenvalue weighted by molar-refractivity contribution is 0.112. The van der Waals surface area contributed by atoms with Crippen LogP contribution in [-0.4, -0.2) is 19.5 Å². The fourth-order valence-electron chi connectivity index (χ4n) is 2.05. The molecule has 0 atom stereocenters. The van der Waals surface area contributed by atoms with Crippen LogP contribution in [0.2, 0.25) is 5.02 Å². The van der Waals surface area contributed by atoms with Crippen LogP contribution in [0.3, 0.4) is 0 Å². The van der Waals surface area contributed by atoms with Gasteiger partial charge in [0.05, 0.1) is 18.2 Å². The Morgan fingerprint density at radius 2 is 1.90 bits per heavy atom. The van der Waals surface area contributed by atoms with Crippen molar-refractivity contribution in [3.63, 3.8) is 0 Å². The molecule has 0 saturated carbocycles. The molecule has 0 bridgehead atoms. The molecule has 1 heterocycles. The first kappa shape index (κ1) is 14.3. The lowest BCUT2D eigenvalue weighted by Crippen LogP contribution is -1.97. The third kappa shape index (κ3) is 3.17. The van der Waals surface area contributed by atoms with Crippen molar-refractivity contribution in [3.8, 4) is 11.5 Å². The van der Waals surface area contributed by atoms with Gasteiger partial charge in [-0.05, 0) is 24.3 Å². The SMILES string of the molecule is O=Cc1cccc(Cl)c1Sc1ccc2c(c1)OCCCO2. The second-order valence-corrected chi connectivity index (χ2v) is 6.03. The molecule has 2 aromatic rings. The van der Waals surface area contributed by atoms with Gasteiger partial charge in [0.1, 0.15) is 0 Å². The van der Waals surface area contributed by atoms with E-state index >= 15 is 0 Å². The summed E-state index contributed by atoms with van der Waals surface area (Å²) in [5.41, 5.74) is 0.583. The number of carbonyl (C=O) groups is 1. The average Bonchev–Trinajstić information content (AvgIpc) is 2.74. The topological polar surface area (TPSA) is 35.5 Å². The highest BCUT2D eigenvalue weighted by atomic mass is 35.5. The average molecular weight is 321 g/mol. The van der Waals surface area contributed by atoms with Crippen LogP contribution in [0.15, 0.2) is 46.2 Å². The Kier molecular flexibility index (Phi) is 4.36. The molecule has 3 rings (SSSR count). The zero-order chi connectivity index (χ0) is 14.7. The molecule has 0 amide bonds. The Hall–Kier alpha value is -1.65. The molecule has 0 unspecified atom stereocenters. The summed E-state index contributed by atoms with van der Waals surface area (Å²) >= 11 is 7.64. The smallest absolute Gasteiger partial charge is 0.162 e. The molecule has 21 heavy (non-hydrogen) atoms. The summed E-state index contributed by atoms with van der Waals surface area (Å²) in [6, 6.07) is 11.0. The standard InChI is InChI=1S/C16H13ClO3S/c17-13-4-1-3-11(10-18)16(13)21-12-5-6-14-15(9-12)20-8-2-7-19-14/h1,3-6,9-10H,2,7-8H2. The highest BCUT2D eigenvalue weighted by Crippen LogP contribution is 2.39. The molecule has 0 saturated heterocycles. The minimum Gasteiger partial charge on any atom is -0.490 e. The molecule has 2 aromatic carbocycles. The Labute approximate surface area is 132 Å². The molecular weight excluding hydrogens is 308 g/mol. The van der Waals surface area contributed by atoms with Crippen molar-refractivity contribution in [2.45, 2.75) is 16.2 Å². The molecule has 108 valence electrons. The maximum atomic E-state index is 11.1. The van der Waals surface area contributed by atoms with Crippen molar-refractivity contribution in [1.29, 1.82) is 0 Å². The fourth-order valence-corrected chi connectivity index (χ4v) is 3.29. The van der Waals surface area contributed by atoms with Crippen molar-refractivity contribution in [3.05, 3.63) is 47.0 Å². The number of halogens is 1. The van der Waals surface area contributed by atoms with E-state index in [1.54, 1.807) is 18.2 Å². The molecule has 0 radical (unpaired) electrons. The zero-order valence-electron chi connectivity index (χ0n) is 11.2. The van der Waals surface area contributed by atoms with E-state index in [2.05, 4.69) is 0 Å². The molecule has 0 spiro atoms. The van der Waals surface area contributed by atoms with Gasteiger partial charge >= 0.3 is 0 Å². The maximum absolute atomic E-state index is 11.1. The fraction of sp³-hybridized carbons (Fsp3) is 0.188. The Balaban J connectivity index is 1.92. The molecule has 3 nitrogen and oxygen atoms in total. The van der Waals surface area contributed by atoms with Crippen LogP contribution in [-0.2, 0) is 0 Å². The summed E-state index contributed by atoms with van der Waals surface area (Å²) in [5.74, 6) is 1.49. The van der Waals surface area contributed by atoms with Crippen LogP contribution >= 0.6 is 23.4 Å². The van der Waals surface area contributed by atoms with Gasteiger partial charge < -0.3 is 9.47 Å². The minimum absolute atomic E-state index is 0.566. The maximum Gasteiger partial charge on any atom is 0.162 e. The summed E-state index contributed by atoms with van der Waals surface area (Å²) < 4.78 is 11.3. The number of aldehydes is 1. The third-order valence-corrected chi connectivity index (χ3v) is 4.64. The summed E-state index contributed by atoms with van der Waals surface area (Å²) in [4.78, 5) is 12.8. The van der Waals surface area contributed by atoms with E-state index < -0.39 is 0 Å². The van der Waals surface area contributed by atoms with Crippen LogP contribution in [0.1, 0.15) is 16.8 Å². The molecule has 1 aliphatic heterocycles. The molecule has 0 aliphatic carbocycles. The van der Waals surface area contributed by atoms with Crippen molar-refractivity contribution in [1.82, 2.24) is 0 Å². The number of carbonyl (C=O) groups excluding carboxylic acids is 1. The third-order valence-electron chi connectivity index (χ3n) is 3.06. The van der Waals surface area contributed by atoms with Crippen molar-refractivity contribution in [2.24, 2.45) is 0 Å². The van der Waals surface area contributed by atoms with Crippen LogP contribution in [0.25, 0.3) is 0 Å². The second kappa shape index (κ2) is 6.41. The largest absolute Gasteiger partial charge is 0.490 e. The van der Waals surface area contributed by atoms with E-state index in [1.807, 2.05) is 18.2 Å². The van der Waals surface area contributed by atoms with Crippen molar-refractivity contribution >= 4 is 29.6 Å². The van der Waals surface area contributed by atoms with E-state index in [0.717, 1.165) is 34.0 Å². The normalized spacial score (nSPS) is 13.6. The van der Waals surface area contributed by atoms with Crippen molar-refractivity contribution < 1.29 is 14.3 Å². The highest BCUT2D eigenvalue weighted by molar-refractivity contribution is 7.99. The first-order valence-electron chi connectivity index (χ1n) is 6.59. The van der Waals surface area contributed by atoms with Crippen LogP contribution < -0.4 is 9.47 Å². The summed E-state index contributed by atoms with van der Waals surface area (Å²) in [6.45, 7) is 1.31. The Morgan fingerprint density at radius 3 is 2.71 bits per heavy atom. The predicted octanol–water partition coefficient (Wildman–Crippen LogP) is 4.47. The van der Waals surface area contributed by atoms with Crippen LogP contribution in [0.4, 0.5) is 0 Å². The van der Waals surface area contributed by atoms with Gasteiger partial charge in [0.2, 0.25) is 0 Å². The zero-order valence-corrected chi connectivity index (χ0v) is 12.7. The molecule has 5 heteroatoms. The van der Waals surface area contributed by atoms with Crippen LogP contribution in [0, 0.1) is 0 Å². The summed E-state index contributed by atoms with van der Waals surface area (Å²) in [7, 11) is 0. The first-order valence-corrected chi connectivity index (χ1v) is 7.78. The summed E-state index contributed by atoms with van der Waals surface area (Å²) in [6.07, 6.45) is 1.69. The number of fused-ring (bicyclic) bond motifs is 1. The van der Waals surface area contributed by atoms with Crippen molar-refractivity contribution in [2.75, 3.05) is 13.2 Å². The van der Waals surface area contributed by atoms with E-state index in [4.69, 9.17) is 21.1 Å². The lowest BCUT2D eigenvalue weighted by atomic mass is 10.2. The molecule has 0 fully saturated rings. The molecule has 0 N–H and O–H groups in total. The number of rotatable bonds is 3. The van der Waals surface area contributed by atoms with E-state index in [-0.39, 0.29) is 0 Å². The Bertz CT molecular complexity index is 673. The van der Waals surface area contributed by atoms with Gasteiger partial charge in [0, 0.05) is 21.8 Å². The number of hydrogen-bond acceptors (Lipinski definition) is 4. The van der Waals surface area contributed by atoms with Gasteiger partial charge in [0.15, 0.2) is 17.8 Å². The molecule has 0 aromatic heterocycles. The van der Waals surface area contributed by atoms with E-state index in [0.29, 0.717) is 23.8 Å². The van der Waals surface area contributed by atoms with Gasteiger partial charge in [-0.25, -0.2) is 0 Å². The number of benzene rings is 2. The first-order chi connectivity index (χ1) is 10.3. The lowest BCUT2D eigenvalue weighted by Gasteiger charge is -2.10. The number of hydrogen-bond donors (Lipinski definition) is 0. The van der Waals surface area contributed by atoms with Gasteiger partial charge in [-0.15, -0.1) is 0 Å².